The Morgan fingerprint density at radius 1 is 1.33 bits per heavy atom. The standard InChI is InChI=1S/C12H17NO2/c1-10(14)15-12(9-13(2)3)11-7-5-4-6-8-11/h4-8,12H,9H2,1-3H3. The van der Waals surface area contributed by atoms with E-state index in [4.69, 9.17) is 4.74 Å². The number of nitrogens with zero attached hydrogens (tertiary/aromatic N) is 1. The third-order valence-electron chi connectivity index (χ3n) is 2.01. The first-order valence-corrected chi connectivity index (χ1v) is 4.96. The average Bonchev–Trinajstić information content (AvgIpc) is 2.17. The van der Waals surface area contributed by atoms with E-state index in [1.165, 1.54) is 6.92 Å². The Balaban J connectivity index is 2.76. The number of esters is 1. The zero-order valence-electron chi connectivity index (χ0n) is 9.43. The Kier molecular flexibility index (Phi) is 4.31. The number of benzene rings is 1. The first-order valence-electron chi connectivity index (χ1n) is 4.96. The summed E-state index contributed by atoms with van der Waals surface area (Å²) < 4.78 is 5.27. The van der Waals surface area contributed by atoms with Crippen LogP contribution in [0.2, 0.25) is 0 Å². The second kappa shape index (κ2) is 5.51. The van der Waals surface area contributed by atoms with E-state index >= 15 is 0 Å². The monoisotopic (exact) mass is 207 g/mol. The van der Waals surface area contributed by atoms with Gasteiger partial charge in [0.05, 0.1) is 0 Å². The van der Waals surface area contributed by atoms with Crippen molar-refractivity contribution in [3.8, 4) is 0 Å². The predicted molar refractivity (Wildman–Crippen MR) is 59.5 cm³/mol. The minimum absolute atomic E-state index is 0.182. The molecule has 1 aromatic rings. The molecule has 3 heteroatoms. The van der Waals surface area contributed by atoms with Crippen LogP contribution in [0.5, 0.6) is 0 Å². The molecule has 1 aromatic carbocycles. The van der Waals surface area contributed by atoms with E-state index in [-0.39, 0.29) is 12.1 Å². The van der Waals surface area contributed by atoms with E-state index in [1.807, 2.05) is 49.3 Å². The van der Waals surface area contributed by atoms with Gasteiger partial charge in [-0.25, -0.2) is 0 Å². The first kappa shape index (κ1) is 11.7. The number of carbonyl (C=O) groups excluding carboxylic acids is 1. The van der Waals surface area contributed by atoms with Crippen molar-refractivity contribution in [2.24, 2.45) is 0 Å². The third-order valence-corrected chi connectivity index (χ3v) is 2.01. The van der Waals surface area contributed by atoms with Gasteiger partial charge in [0.25, 0.3) is 0 Å². The summed E-state index contributed by atoms with van der Waals surface area (Å²) in [5.74, 6) is -0.245. The van der Waals surface area contributed by atoms with E-state index in [2.05, 4.69) is 0 Å². The molecule has 0 aliphatic rings. The average molecular weight is 207 g/mol. The minimum Gasteiger partial charge on any atom is -0.456 e. The van der Waals surface area contributed by atoms with Crippen LogP contribution in [-0.4, -0.2) is 31.5 Å². The van der Waals surface area contributed by atoms with Crippen molar-refractivity contribution in [1.29, 1.82) is 0 Å². The second-order valence-electron chi connectivity index (χ2n) is 3.77. The van der Waals surface area contributed by atoms with Gasteiger partial charge in [0, 0.05) is 13.5 Å². The van der Waals surface area contributed by atoms with E-state index in [0.717, 1.165) is 5.56 Å². The van der Waals surface area contributed by atoms with E-state index in [9.17, 15) is 4.79 Å². The molecule has 1 unspecified atom stereocenters. The van der Waals surface area contributed by atoms with Gasteiger partial charge in [0.2, 0.25) is 0 Å². The van der Waals surface area contributed by atoms with Crippen molar-refractivity contribution in [2.45, 2.75) is 13.0 Å². The molecule has 3 nitrogen and oxygen atoms in total. The number of rotatable bonds is 4. The van der Waals surface area contributed by atoms with Crippen molar-refractivity contribution in [1.82, 2.24) is 4.90 Å². The molecule has 0 aliphatic heterocycles. The molecule has 1 atom stereocenters. The maximum absolute atomic E-state index is 11.0. The van der Waals surface area contributed by atoms with Crippen molar-refractivity contribution in [3.05, 3.63) is 35.9 Å². The molecule has 0 saturated heterocycles. The highest BCUT2D eigenvalue weighted by molar-refractivity contribution is 5.66. The van der Waals surface area contributed by atoms with Gasteiger partial charge in [-0.05, 0) is 19.7 Å². The second-order valence-corrected chi connectivity index (χ2v) is 3.77. The Labute approximate surface area is 90.7 Å². The fraction of sp³-hybridized carbons (Fsp3) is 0.417. The normalized spacial score (nSPS) is 12.5. The van der Waals surface area contributed by atoms with Gasteiger partial charge in [-0.3, -0.25) is 4.79 Å². The maximum Gasteiger partial charge on any atom is 0.303 e. The molecule has 82 valence electrons. The molecule has 15 heavy (non-hydrogen) atoms. The molecule has 1 rings (SSSR count). The van der Waals surface area contributed by atoms with Gasteiger partial charge < -0.3 is 9.64 Å². The van der Waals surface area contributed by atoms with Crippen LogP contribution >= 0.6 is 0 Å². The molecule has 0 bridgehead atoms. The topological polar surface area (TPSA) is 29.5 Å². The van der Waals surface area contributed by atoms with Crippen molar-refractivity contribution in [2.75, 3.05) is 20.6 Å². The van der Waals surface area contributed by atoms with Crippen LogP contribution in [0.4, 0.5) is 0 Å². The lowest BCUT2D eigenvalue weighted by molar-refractivity contribution is -0.147. The van der Waals surface area contributed by atoms with Crippen LogP contribution in [-0.2, 0) is 9.53 Å². The molecule has 0 heterocycles. The van der Waals surface area contributed by atoms with Gasteiger partial charge >= 0.3 is 5.97 Å². The molecule has 0 aliphatic carbocycles. The Morgan fingerprint density at radius 3 is 2.40 bits per heavy atom. The summed E-state index contributed by atoms with van der Waals surface area (Å²) in [5, 5.41) is 0. The quantitative estimate of drug-likeness (QED) is 0.706. The molecular weight excluding hydrogens is 190 g/mol. The van der Waals surface area contributed by atoms with Crippen LogP contribution < -0.4 is 0 Å². The van der Waals surface area contributed by atoms with Crippen molar-refractivity contribution >= 4 is 5.97 Å². The highest BCUT2D eigenvalue weighted by atomic mass is 16.5. The lowest BCUT2D eigenvalue weighted by atomic mass is 10.1. The summed E-state index contributed by atoms with van der Waals surface area (Å²) in [6, 6.07) is 9.78. The minimum atomic E-state index is -0.245. The Bertz CT molecular complexity index is 309. The van der Waals surface area contributed by atoms with Gasteiger partial charge in [-0.2, -0.15) is 0 Å². The number of hydrogen-bond acceptors (Lipinski definition) is 3. The highest BCUT2D eigenvalue weighted by Crippen LogP contribution is 2.17. The zero-order chi connectivity index (χ0) is 11.3. The van der Waals surface area contributed by atoms with Gasteiger partial charge in [-0.1, -0.05) is 30.3 Å². The van der Waals surface area contributed by atoms with Gasteiger partial charge in [0.1, 0.15) is 6.10 Å². The number of likely N-dealkylation sites (N-methyl/N-ethyl adjacent to an activating group) is 1. The summed E-state index contributed by atoms with van der Waals surface area (Å²) in [5.41, 5.74) is 1.03. The number of hydrogen-bond donors (Lipinski definition) is 0. The summed E-state index contributed by atoms with van der Waals surface area (Å²) >= 11 is 0. The van der Waals surface area contributed by atoms with Gasteiger partial charge in [0.15, 0.2) is 0 Å². The fourth-order valence-corrected chi connectivity index (χ4v) is 1.41. The van der Waals surface area contributed by atoms with Gasteiger partial charge in [-0.15, -0.1) is 0 Å². The van der Waals surface area contributed by atoms with Crippen LogP contribution in [0.25, 0.3) is 0 Å². The number of ether oxygens (including phenoxy) is 1. The molecule has 0 radical (unpaired) electrons. The molecular formula is C12H17NO2. The molecule has 0 spiro atoms. The summed E-state index contributed by atoms with van der Waals surface area (Å²) in [7, 11) is 3.92. The van der Waals surface area contributed by atoms with Crippen molar-refractivity contribution in [3.63, 3.8) is 0 Å². The molecule has 0 saturated carbocycles. The highest BCUT2D eigenvalue weighted by Gasteiger charge is 2.14. The SMILES string of the molecule is CC(=O)OC(CN(C)C)c1ccccc1. The molecule has 0 amide bonds. The lowest BCUT2D eigenvalue weighted by Crippen LogP contribution is -2.23. The van der Waals surface area contributed by atoms with Crippen LogP contribution in [0.15, 0.2) is 30.3 Å². The summed E-state index contributed by atoms with van der Waals surface area (Å²) in [6.07, 6.45) is -0.182. The number of carbonyl (C=O) groups is 1. The maximum atomic E-state index is 11.0. The largest absolute Gasteiger partial charge is 0.456 e. The van der Waals surface area contributed by atoms with Crippen LogP contribution in [0, 0.1) is 0 Å². The van der Waals surface area contributed by atoms with Crippen molar-refractivity contribution < 1.29 is 9.53 Å². The smallest absolute Gasteiger partial charge is 0.303 e. The van der Waals surface area contributed by atoms with Crippen LogP contribution in [0.1, 0.15) is 18.6 Å². The predicted octanol–water partition coefficient (Wildman–Crippen LogP) is 1.85. The Hall–Kier alpha value is -1.35. The molecule has 0 fully saturated rings. The molecule has 0 aromatic heterocycles. The summed E-state index contributed by atoms with van der Waals surface area (Å²) in [6.45, 7) is 2.13. The lowest BCUT2D eigenvalue weighted by Gasteiger charge is -2.21. The molecule has 0 N–H and O–H groups in total. The van der Waals surface area contributed by atoms with E-state index in [1.54, 1.807) is 0 Å². The fourth-order valence-electron chi connectivity index (χ4n) is 1.41. The summed E-state index contributed by atoms with van der Waals surface area (Å²) in [4.78, 5) is 13.0. The Morgan fingerprint density at radius 2 is 1.93 bits per heavy atom. The zero-order valence-corrected chi connectivity index (χ0v) is 9.43. The first-order chi connectivity index (χ1) is 7.09. The van der Waals surface area contributed by atoms with Crippen LogP contribution in [0.3, 0.4) is 0 Å². The van der Waals surface area contributed by atoms with E-state index in [0.29, 0.717) is 6.54 Å². The third kappa shape index (κ3) is 4.13. The van der Waals surface area contributed by atoms with E-state index < -0.39 is 0 Å².